The van der Waals surface area contributed by atoms with Gasteiger partial charge in [0.1, 0.15) is 16.9 Å². The monoisotopic (exact) mass is 384 g/mol. The van der Waals surface area contributed by atoms with E-state index in [1.807, 2.05) is 6.07 Å². The third kappa shape index (κ3) is 2.53. The van der Waals surface area contributed by atoms with E-state index >= 15 is 0 Å². The number of fused-ring (bicyclic) bond motifs is 5. The summed E-state index contributed by atoms with van der Waals surface area (Å²) in [6.45, 7) is 9.52. The van der Waals surface area contributed by atoms with Gasteiger partial charge in [0.25, 0.3) is 0 Å². The van der Waals surface area contributed by atoms with E-state index in [2.05, 4.69) is 27.7 Å². The van der Waals surface area contributed by atoms with E-state index in [9.17, 15) is 4.79 Å². The largest absolute Gasteiger partial charge is 0.493 e. The lowest BCUT2D eigenvalue weighted by molar-refractivity contribution is 0.0504. The van der Waals surface area contributed by atoms with Crippen LogP contribution in [0.2, 0.25) is 0 Å². The molecule has 4 heteroatoms. The third-order valence-corrected chi connectivity index (χ3v) is 7.64. The molecule has 1 aromatic carbocycles. The second-order valence-corrected chi connectivity index (χ2v) is 9.65. The van der Waals surface area contributed by atoms with Crippen molar-refractivity contribution in [2.75, 3.05) is 14.2 Å². The first-order chi connectivity index (χ1) is 13.3. The maximum atomic E-state index is 12.0. The molecule has 0 bridgehead atoms. The molecule has 1 saturated carbocycles. The number of ether oxygens (including phenoxy) is 2. The molecule has 1 aromatic heterocycles. The van der Waals surface area contributed by atoms with Crippen LogP contribution in [0.15, 0.2) is 10.5 Å². The molecule has 0 aliphatic heterocycles. The first-order valence-electron chi connectivity index (χ1n) is 10.5. The highest BCUT2D eigenvalue weighted by Crippen LogP contribution is 2.60. The lowest BCUT2D eigenvalue weighted by Gasteiger charge is -2.50. The van der Waals surface area contributed by atoms with E-state index in [1.165, 1.54) is 24.8 Å². The van der Waals surface area contributed by atoms with Crippen LogP contribution < -0.4 is 9.47 Å². The highest BCUT2D eigenvalue weighted by Gasteiger charge is 2.51. The Morgan fingerprint density at radius 2 is 1.89 bits per heavy atom. The summed E-state index contributed by atoms with van der Waals surface area (Å²) in [5.41, 5.74) is 2.73. The van der Waals surface area contributed by atoms with Crippen LogP contribution in [0.25, 0.3) is 11.0 Å². The van der Waals surface area contributed by atoms with Gasteiger partial charge in [-0.1, -0.05) is 34.1 Å². The van der Waals surface area contributed by atoms with Gasteiger partial charge < -0.3 is 13.9 Å². The van der Waals surface area contributed by atoms with Crippen molar-refractivity contribution in [3.05, 3.63) is 23.0 Å². The lowest BCUT2D eigenvalue weighted by atomic mass is 9.53. The minimum absolute atomic E-state index is 0.0346. The molecular weight excluding hydrogens is 352 g/mol. The third-order valence-electron chi connectivity index (χ3n) is 7.64. The number of aldehydes is 1. The Morgan fingerprint density at radius 1 is 1.14 bits per heavy atom. The highest BCUT2D eigenvalue weighted by molar-refractivity contribution is 6.01. The van der Waals surface area contributed by atoms with Crippen molar-refractivity contribution in [2.45, 2.75) is 71.1 Å². The van der Waals surface area contributed by atoms with E-state index in [4.69, 9.17) is 13.9 Å². The first kappa shape index (κ1) is 19.4. The molecule has 28 heavy (non-hydrogen) atoms. The Kier molecular flexibility index (Phi) is 4.52. The highest BCUT2D eigenvalue weighted by atomic mass is 16.5. The van der Waals surface area contributed by atoms with E-state index in [-0.39, 0.29) is 5.41 Å². The van der Waals surface area contributed by atoms with Gasteiger partial charge in [-0.25, -0.2) is 0 Å². The van der Waals surface area contributed by atoms with Gasteiger partial charge in [-0.2, -0.15) is 0 Å². The molecule has 2 aromatic rings. The average Bonchev–Trinajstić information content (AvgIpc) is 3.00. The van der Waals surface area contributed by atoms with Gasteiger partial charge in [-0.3, -0.25) is 4.79 Å². The molecule has 0 N–H and O–H groups in total. The van der Waals surface area contributed by atoms with Crippen LogP contribution in [0, 0.1) is 11.3 Å². The molecule has 152 valence electrons. The minimum atomic E-state index is 0.0346. The van der Waals surface area contributed by atoms with Crippen LogP contribution in [-0.2, 0) is 5.41 Å². The van der Waals surface area contributed by atoms with Crippen LogP contribution in [0.3, 0.4) is 0 Å². The topological polar surface area (TPSA) is 48.7 Å². The summed E-state index contributed by atoms with van der Waals surface area (Å²) in [6, 6.07) is 2.02. The second-order valence-electron chi connectivity index (χ2n) is 9.65. The van der Waals surface area contributed by atoms with Crippen molar-refractivity contribution in [2.24, 2.45) is 11.3 Å². The average molecular weight is 385 g/mol. The van der Waals surface area contributed by atoms with Crippen molar-refractivity contribution in [3.8, 4) is 11.5 Å². The van der Waals surface area contributed by atoms with Gasteiger partial charge in [-0.05, 0) is 48.5 Å². The number of hydrogen-bond acceptors (Lipinski definition) is 4. The first-order valence-corrected chi connectivity index (χ1v) is 10.5. The molecule has 2 aliphatic carbocycles. The normalized spacial score (nSPS) is 28.9. The van der Waals surface area contributed by atoms with Crippen LogP contribution >= 0.6 is 0 Å². The fraction of sp³-hybridized carbons (Fsp3) is 0.625. The van der Waals surface area contributed by atoms with Gasteiger partial charge in [-0.15, -0.1) is 0 Å². The van der Waals surface area contributed by atoms with Crippen molar-refractivity contribution in [1.82, 2.24) is 0 Å². The Bertz CT molecular complexity index is 923. The Hall–Kier alpha value is -1.97. The summed E-state index contributed by atoms with van der Waals surface area (Å²) in [7, 11) is 3.18. The number of methoxy groups -OCH3 is 2. The fourth-order valence-corrected chi connectivity index (χ4v) is 6.32. The zero-order chi connectivity index (χ0) is 20.3. The van der Waals surface area contributed by atoms with Crippen molar-refractivity contribution in [3.63, 3.8) is 0 Å². The van der Waals surface area contributed by atoms with Gasteiger partial charge >= 0.3 is 0 Å². The van der Waals surface area contributed by atoms with Crippen LogP contribution in [0.1, 0.15) is 87.4 Å². The zero-order valence-corrected chi connectivity index (χ0v) is 18.0. The molecule has 1 fully saturated rings. The zero-order valence-electron chi connectivity index (χ0n) is 18.0. The predicted octanol–water partition coefficient (Wildman–Crippen LogP) is 6.24. The van der Waals surface area contributed by atoms with E-state index in [1.54, 1.807) is 14.2 Å². The van der Waals surface area contributed by atoms with Gasteiger partial charge in [0.2, 0.25) is 0 Å². The molecule has 0 radical (unpaired) electrons. The van der Waals surface area contributed by atoms with Crippen LogP contribution in [0.5, 0.6) is 11.5 Å². The number of benzene rings is 1. The Balaban J connectivity index is 2.09. The quantitative estimate of drug-likeness (QED) is 0.587. The number of hydrogen-bond donors (Lipinski definition) is 0. The molecule has 0 saturated heterocycles. The molecule has 3 atom stereocenters. The van der Waals surface area contributed by atoms with Gasteiger partial charge in [0, 0.05) is 16.9 Å². The maximum absolute atomic E-state index is 12.0. The summed E-state index contributed by atoms with van der Waals surface area (Å²) in [4.78, 5) is 12.0. The van der Waals surface area contributed by atoms with Gasteiger partial charge in [0.15, 0.2) is 17.8 Å². The summed E-state index contributed by atoms with van der Waals surface area (Å²) < 4.78 is 17.6. The molecule has 0 spiro atoms. The van der Waals surface area contributed by atoms with E-state index in [0.717, 1.165) is 30.3 Å². The van der Waals surface area contributed by atoms with Crippen molar-refractivity contribution < 1.29 is 18.7 Å². The molecule has 1 unspecified atom stereocenters. The molecule has 4 rings (SSSR count). The lowest BCUT2D eigenvalue weighted by Crippen LogP contribution is -2.44. The predicted molar refractivity (Wildman–Crippen MR) is 111 cm³/mol. The summed E-state index contributed by atoms with van der Waals surface area (Å²) in [5.74, 6) is 3.01. The van der Waals surface area contributed by atoms with E-state index in [0.29, 0.717) is 39.9 Å². The SMILES string of the molecule is COc1cc2c3c(oc2c(C=O)c1OC)[C@H](C)CCC1C(C)(C)CCC[C@]31C. The molecule has 2 aliphatic rings. The summed E-state index contributed by atoms with van der Waals surface area (Å²) in [6.07, 6.45) is 6.80. The van der Waals surface area contributed by atoms with Crippen LogP contribution in [-0.4, -0.2) is 20.5 Å². The molecule has 1 heterocycles. The molecule has 4 nitrogen and oxygen atoms in total. The van der Waals surface area contributed by atoms with Crippen molar-refractivity contribution in [1.29, 1.82) is 0 Å². The van der Waals surface area contributed by atoms with Gasteiger partial charge in [0.05, 0.1) is 14.2 Å². The second kappa shape index (κ2) is 6.53. The minimum Gasteiger partial charge on any atom is -0.493 e. The molecule has 0 amide bonds. The van der Waals surface area contributed by atoms with E-state index < -0.39 is 0 Å². The summed E-state index contributed by atoms with van der Waals surface area (Å²) >= 11 is 0. The number of carbonyl (C=O) groups is 1. The Labute approximate surface area is 167 Å². The standard InChI is InChI=1S/C24H32O4/c1-14-8-9-18-23(2,3)10-7-11-24(18,4)19-15-12-17(26-5)22(27-6)16(13-25)21(15)28-20(14)19/h12-14,18H,7-11H2,1-6H3/t14-,18?,24+/m1/s1. The number of carbonyl (C=O) groups excluding carboxylic acids is 1. The smallest absolute Gasteiger partial charge is 0.175 e. The van der Waals surface area contributed by atoms with Crippen LogP contribution in [0.4, 0.5) is 0 Å². The fourth-order valence-electron chi connectivity index (χ4n) is 6.32. The number of rotatable bonds is 3. The Morgan fingerprint density at radius 3 is 2.54 bits per heavy atom. The maximum Gasteiger partial charge on any atom is 0.175 e. The van der Waals surface area contributed by atoms with Crippen molar-refractivity contribution >= 4 is 17.3 Å². The molecular formula is C24H32O4. The summed E-state index contributed by atoms with van der Waals surface area (Å²) in [5, 5.41) is 1.02. The number of furan rings is 1.